The van der Waals surface area contributed by atoms with Gasteiger partial charge in [-0.05, 0) is 30.3 Å². The van der Waals surface area contributed by atoms with Crippen LogP contribution in [0.1, 0.15) is 37.1 Å². The molecule has 0 bridgehead atoms. The standard InChI is InChI=1S/C22H18Cl2N4O3.C2H6/c1-26-22(29)4-2-3-15-12-27-28-20(15)13-30-17-5-6-19(24)21(10-17)31-18-8-14(11-25)7-16(23)9-18;1-2/h2-3,5-10,12H,4,13H2,1H3,(H,26,29)(H,27,28);1-2H3. The molecule has 3 rings (SSSR count). The number of amides is 1. The number of hydrogen-bond acceptors (Lipinski definition) is 5. The molecule has 33 heavy (non-hydrogen) atoms. The molecule has 172 valence electrons. The second-order valence-corrected chi connectivity index (χ2v) is 7.20. The van der Waals surface area contributed by atoms with Crippen LogP contribution in [-0.2, 0) is 11.4 Å². The molecule has 0 saturated carbocycles. The van der Waals surface area contributed by atoms with Gasteiger partial charge >= 0.3 is 0 Å². The van der Waals surface area contributed by atoms with Crippen LogP contribution in [0, 0.1) is 11.3 Å². The van der Waals surface area contributed by atoms with Crippen LogP contribution >= 0.6 is 23.2 Å². The molecule has 9 heteroatoms. The second kappa shape index (κ2) is 13.2. The van der Waals surface area contributed by atoms with Gasteiger partial charge in [0.2, 0.25) is 5.91 Å². The molecular formula is C24H24Cl2N4O3. The molecule has 3 aromatic rings. The van der Waals surface area contributed by atoms with Gasteiger partial charge in [-0.1, -0.05) is 49.2 Å². The first kappa shape index (κ1) is 25.8. The number of nitriles is 1. The molecule has 0 fully saturated rings. The second-order valence-electron chi connectivity index (χ2n) is 6.35. The van der Waals surface area contributed by atoms with Crippen LogP contribution in [0.2, 0.25) is 10.0 Å². The highest BCUT2D eigenvalue weighted by atomic mass is 35.5. The molecule has 0 spiro atoms. The SMILES string of the molecule is CC.CNC(=O)CC=Cc1cn[nH]c1COc1ccc(Cl)c(Oc2cc(Cl)cc(C#N)c2)c1. The molecule has 0 radical (unpaired) electrons. The number of halogens is 2. The van der Waals surface area contributed by atoms with Crippen molar-refractivity contribution in [1.82, 2.24) is 15.5 Å². The van der Waals surface area contributed by atoms with E-state index >= 15 is 0 Å². The number of nitrogens with zero attached hydrogens (tertiary/aromatic N) is 2. The van der Waals surface area contributed by atoms with Crippen molar-refractivity contribution >= 4 is 35.2 Å². The number of H-pyrrole nitrogens is 1. The molecule has 2 N–H and O–H groups in total. The van der Waals surface area contributed by atoms with E-state index in [1.807, 2.05) is 19.9 Å². The number of ether oxygens (including phenoxy) is 2. The van der Waals surface area contributed by atoms with E-state index in [4.69, 9.17) is 37.9 Å². The normalized spacial score (nSPS) is 10.2. The van der Waals surface area contributed by atoms with Gasteiger partial charge in [0.15, 0.2) is 0 Å². The fourth-order valence-electron chi connectivity index (χ4n) is 2.60. The number of aromatic amines is 1. The molecule has 1 amide bonds. The van der Waals surface area contributed by atoms with Crippen molar-refractivity contribution in [3.8, 4) is 23.3 Å². The maximum Gasteiger partial charge on any atom is 0.223 e. The Kier molecular flexibility index (Phi) is 10.3. The molecule has 0 unspecified atom stereocenters. The van der Waals surface area contributed by atoms with E-state index in [9.17, 15) is 4.79 Å². The maximum absolute atomic E-state index is 11.3. The molecule has 1 heterocycles. The maximum atomic E-state index is 11.3. The number of aromatic nitrogens is 2. The van der Waals surface area contributed by atoms with Gasteiger partial charge in [0, 0.05) is 30.1 Å². The molecule has 0 atom stereocenters. The smallest absolute Gasteiger partial charge is 0.223 e. The van der Waals surface area contributed by atoms with E-state index in [0.717, 1.165) is 11.3 Å². The number of benzene rings is 2. The van der Waals surface area contributed by atoms with Gasteiger partial charge in [-0.15, -0.1) is 0 Å². The Balaban J connectivity index is 0.00000187. The third-order valence-electron chi connectivity index (χ3n) is 4.15. The third-order valence-corrected chi connectivity index (χ3v) is 4.68. The van der Waals surface area contributed by atoms with Crippen molar-refractivity contribution in [3.05, 3.63) is 75.5 Å². The lowest BCUT2D eigenvalue weighted by molar-refractivity contribution is -0.119. The van der Waals surface area contributed by atoms with E-state index < -0.39 is 0 Å². The highest BCUT2D eigenvalue weighted by molar-refractivity contribution is 6.32. The van der Waals surface area contributed by atoms with Gasteiger partial charge in [-0.25, -0.2) is 0 Å². The summed E-state index contributed by atoms with van der Waals surface area (Å²) < 4.78 is 11.6. The van der Waals surface area contributed by atoms with Gasteiger partial charge < -0.3 is 14.8 Å². The van der Waals surface area contributed by atoms with Crippen LogP contribution in [0.3, 0.4) is 0 Å². The summed E-state index contributed by atoms with van der Waals surface area (Å²) in [5.74, 6) is 1.20. The first-order valence-corrected chi connectivity index (χ1v) is 10.9. The quantitative estimate of drug-likeness (QED) is 0.398. The minimum Gasteiger partial charge on any atom is -0.487 e. The number of carbonyl (C=O) groups excluding carboxylic acids is 1. The number of hydrogen-bond donors (Lipinski definition) is 2. The van der Waals surface area contributed by atoms with Crippen molar-refractivity contribution in [2.75, 3.05) is 7.05 Å². The average Bonchev–Trinajstić information content (AvgIpc) is 3.27. The zero-order valence-electron chi connectivity index (χ0n) is 18.5. The van der Waals surface area contributed by atoms with Gasteiger partial charge in [0.05, 0.1) is 28.5 Å². The first-order chi connectivity index (χ1) is 16.0. The van der Waals surface area contributed by atoms with Crippen LogP contribution in [0.25, 0.3) is 6.08 Å². The molecule has 0 saturated heterocycles. The summed E-state index contributed by atoms with van der Waals surface area (Å²) in [6, 6.07) is 11.7. The Labute approximate surface area is 202 Å². The fraction of sp³-hybridized carbons (Fsp3) is 0.208. The summed E-state index contributed by atoms with van der Waals surface area (Å²) in [6.07, 6.45) is 5.49. The largest absolute Gasteiger partial charge is 0.487 e. The van der Waals surface area contributed by atoms with Crippen molar-refractivity contribution in [2.24, 2.45) is 0 Å². The highest BCUT2D eigenvalue weighted by Gasteiger charge is 2.09. The molecule has 1 aromatic heterocycles. The summed E-state index contributed by atoms with van der Waals surface area (Å²) in [7, 11) is 1.59. The lowest BCUT2D eigenvalue weighted by atomic mass is 10.2. The Morgan fingerprint density at radius 2 is 2.00 bits per heavy atom. The summed E-state index contributed by atoms with van der Waals surface area (Å²) >= 11 is 12.3. The number of nitrogens with one attached hydrogen (secondary N) is 2. The van der Waals surface area contributed by atoms with E-state index in [1.54, 1.807) is 61.8 Å². The highest BCUT2D eigenvalue weighted by Crippen LogP contribution is 2.34. The average molecular weight is 487 g/mol. The van der Waals surface area contributed by atoms with Gasteiger partial charge in [0.1, 0.15) is 23.9 Å². The lowest BCUT2D eigenvalue weighted by Gasteiger charge is -2.11. The Bertz CT molecular complexity index is 1150. The molecular weight excluding hydrogens is 463 g/mol. The van der Waals surface area contributed by atoms with E-state index in [-0.39, 0.29) is 18.9 Å². The lowest BCUT2D eigenvalue weighted by Crippen LogP contribution is -2.15. The van der Waals surface area contributed by atoms with Crippen LogP contribution < -0.4 is 14.8 Å². The summed E-state index contributed by atoms with van der Waals surface area (Å²) in [6.45, 7) is 4.22. The van der Waals surface area contributed by atoms with Crippen molar-refractivity contribution in [2.45, 2.75) is 26.9 Å². The van der Waals surface area contributed by atoms with Gasteiger partial charge in [-0.2, -0.15) is 10.4 Å². The number of rotatable bonds is 8. The Morgan fingerprint density at radius 1 is 1.21 bits per heavy atom. The predicted octanol–water partition coefficient (Wildman–Crippen LogP) is 6.13. The van der Waals surface area contributed by atoms with Gasteiger partial charge in [0.25, 0.3) is 0 Å². The van der Waals surface area contributed by atoms with Crippen LogP contribution in [-0.4, -0.2) is 23.2 Å². The van der Waals surface area contributed by atoms with Crippen LogP contribution in [0.5, 0.6) is 17.2 Å². The van der Waals surface area contributed by atoms with E-state index in [1.165, 1.54) is 0 Å². The Hall–Kier alpha value is -3.47. The minimum atomic E-state index is -0.0761. The minimum absolute atomic E-state index is 0.0761. The Morgan fingerprint density at radius 3 is 2.73 bits per heavy atom. The first-order valence-electron chi connectivity index (χ1n) is 10.2. The molecule has 2 aromatic carbocycles. The van der Waals surface area contributed by atoms with E-state index in [2.05, 4.69) is 15.5 Å². The summed E-state index contributed by atoms with van der Waals surface area (Å²) in [5.41, 5.74) is 1.94. The molecule has 0 aliphatic heterocycles. The molecule has 0 aliphatic rings. The zero-order valence-corrected chi connectivity index (χ0v) is 20.0. The number of carbonyl (C=O) groups is 1. The molecule has 0 aliphatic carbocycles. The van der Waals surface area contributed by atoms with Crippen LogP contribution in [0.4, 0.5) is 0 Å². The van der Waals surface area contributed by atoms with E-state index in [0.29, 0.717) is 32.9 Å². The predicted molar refractivity (Wildman–Crippen MR) is 130 cm³/mol. The van der Waals surface area contributed by atoms with Gasteiger partial charge in [-0.3, -0.25) is 9.89 Å². The summed E-state index contributed by atoms with van der Waals surface area (Å²) in [4.78, 5) is 11.3. The molecule has 7 nitrogen and oxygen atoms in total. The monoisotopic (exact) mass is 486 g/mol. The van der Waals surface area contributed by atoms with Crippen molar-refractivity contribution in [1.29, 1.82) is 5.26 Å². The topological polar surface area (TPSA) is 100 Å². The fourth-order valence-corrected chi connectivity index (χ4v) is 2.98. The zero-order chi connectivity index (χ0) is 24.2. The third kappa shape index (κ3) is 7.86. The van der Waals surface area contributed by atoms with Crippen molar-refractivity contribution < 1.29 is 14.3 Å². The van der Waals surface area contributed by atoms with Crippen LogP contribution in [0.15, 0.2) is 48.7 Å². The summed E-state index contributed by atoms with van der Waals surface area (Å²) in [5, 5.41) is 19.3. The van der Waals surface area contributed by atoms with Crippen molar-refractivity contribution in [3.63, 3.8) is 0 Å².